The molecule has 1 aromatic carbocycles. The molecule has 1 N–H and O–H groups in total. The smallest absolute Gasteiger partial charge is 0.358 e. The average Bonchev–Trinajstić information content (AvgIpc) is 3.14. The first-order valence-electron chi connectivity index (χ1n) is 6.86. The summed E-state index contributed by atoms with van der Waals surface area (Å²) < 4.78 is 15.9. The summed E-state index contributed by atoms with van der Waals surface area (Å²) in [7, 11) is 0. The first-order valence-corrected chi connectivity index (χ1v) is 7.74. The van der Waals surface area contributed by atoms with E-state index in [0.717, 1.165) is 16.9 Å². The van der Waals surface area contributed by atoms with Crippen molar-refractivity contribution in [3.63, 3.8) is 0 Å². The molecule has 0 saturated carbocycles. The van der Waals surface area contributed by atoms with Gasteiger partial charge in [0, 0.05) is 12.3 Å². The topological polar surface area (TPSA) is 86.8 Å². The van der Waals surface area contributed by atoms with Crippen LogP contribution in [-0.4, -0.2) is 23.7 Å². The van der Waals surface area contributed by atoms with Crippen molar-refractivity contribution < 1.29 is 23.8 Å². The number of esters is 1. The molecule has 1 aromatic heterocycles. The molecule has 3 rings (SSSR count). The average molecular weight is 334 g/mol. The number of hydrogen-bond donors (Lipinski definition) is 1. The van der Waals surface area contributed by atoms with E-state index in [-0.39, 0.29) is 18.4 Å². The SMILES string of the molecule is CC(=O)Nc1nc(C(=O)OC(C)c2ccc3c(c2)OCO3)cs1. The van der Waals surface area contributed by atoms with E-state index in [1.54, 1.807) is 24.4 Å². The normalized spacial score (nSPS) is 13.5. The first-order chi connectivity index (χ1) is 11.0. The molecule has 23 heavy (non-hydrogen) atoms. The highest BCUT2D eigenvalue weighted by molar-refractivity contribution is 7.14. The quantitative estimate of drug-likeness (QED) is 0.865. The highest BCUT2D eigenvalue weighted by Gasteiger charge is 2.20. The third kappa shape index (κ3) is 3.42. The number of carbonyl (C=O) groups is 2. The fourth-order valence-electron chi connectivity index (χ4n) is 2.03. The number of carbonyl (C=O) groups excluding carboxylic acids is 2. The second-order valence-corrected chi connectivity index (χ2v) is 5.74. The van der Waals surface area contributed by atoms with Gasteiger partial charge in [0.2, 0.25) is 12.7 Å². The van der Waals surface area contributed by atoms with Crippen molar-refractivity contribution in [2.24, 2.45) is 0 Å². The number of anilines is 1. The molecule has 0 radical (unpaired) electrons. The van der Waals surface area contributed by atoms with E-state index in [1.807, 2.05) is 6.07 Å². The van der Waals surface area contributed by atoms with Crippen LogP contribution in [0, 0.1) is 0 Å². The predicted octanol–water partition coefficient (Wildman–Crippen LogP) is 2.75. The number of nitrogens with zero attached hydrogens (tertiary/aromatic N) is 1. The van der Waals surface area contributed by atoms with Gasteiger partial charge < -0.3 is 19.5 Å². The van der Waals surface area contributed by atoms with Crippen LogP contribution in [0.15, 0.2) is 23.6 Å². The molecule has 0 bridgehead atoms. The third-order valence-electron chi connectivity index (χ3n) is 3.15. The van der Waals surface area contributed by atoms with Gasteiger partial charge in [0.15, 0.2) is 22.3 Å². The number of hydrogen-bond acceptors (Lipinski definition) is 7. The van der Waals surface area contributed by atoms with Gasteiger partial charge in [-0.1, -0.05) is 6.07 Å². The van der Waals surface area contributed by atoms with Gasteiger partial charge >= 0.3 is 5.97 Å². The van der Waals surface area contributed by atoms with Crippen LogP contribution in [0.5, 0.6) is 11.5 Å². The van der Waals surface area contributed by atoms with Gasteiger partial charge in [-0.15, -0.1) is 11.3 Å². The summed E-state index contributed by atoms with van der Waals surface area (Å²) in [4.78, 5) is 27.1. The fraction of sp³-hybridized carbons (Fsp3) is 0.267. The number of fused-ring (bicyclic) bond motifs is 1. The number of nitrogens with one attached hydrogen (secondary N) is 1. The van der Waals surface area contributed by atoms with E-state index < -0.39 is 12.1 Å². The Morgan fingerprint density at radius 3 is 2.91 bits per heavy atom. The minimum atomic E-state index is -0.553. The molecule has 120 valence electrons. The maximum absolute atomic E-state index is 12.1. The molecule has 8 heteroatoms. The van der Waals surface area contributed by atoms with Crippen LogP contribution >= 0.6 is 11.3 Å². The minimum Gasteiger partial charge on any atom is -0.454 e. The molecular formula is C15H14N2O5S. The Bertz CT molecular complexity index is 758. The Morgan fingerprint density at radius 1 is 1.35 bits per heavy atom. The molecular weight excluding hydrogens is 320 g/mol. The summed E-state index contributed by atoms with van der Waals surface area (Å²) in [5.74, 6) is 0.509. The molecule has 0 fully saturated rings. The van der Waals surface area contributed by atoms with Crippen molar-refractivity contribution in [2.75, 3.05) is 12.1 Å². The highest BCUT2D eigenvalue weighted by Crippen LogP contribution is 2.35. The van der Waals surface area contributed by atoms with Gasteiger partial charge in [0.05, 0.1) is 0 Å². The summed E-state index contributed by atoms with van der Waals surface area (Å²) >= 11 is 1.16. The zero-order valence-electron chi connectivity index (χ0n) is 12.5. The van der Waals surface area contributed by atoms with E-state index in [4.69, 9.17) is 14.2 Å². The summed E-state index contributed by atoms with van der Waals surface area (Å²) in [6, 6.07) is 5.37. The molecule has 0 spiro atoms. The largest absolute Gasteiger partial charge is 0.454 e. The predicted molar refractivity (Wildman–Crippen MR) is 82.8 cm³/mol. The third-order valence-corrected chi connectivity index (χ3v) is 3.90. The Labute approximate surface area is 136 Å². The standard InChI is InChI=1S/C15H14N2O5S/c1-8(10-3-4-12-13(5-10)21-7-20-12)22-14(19)11-6-23-15(17-11)16-9(2)18/h3-6,8H,7H2,1-2H3,(H,16,17,18). The van der Waals surface area contributed by atoms with Gasteiger partial charge in [-0.05, 0) is 24.6 Å². The number of benzene rings is 1. The summed E-state index contributed by atoms with van der Waals surface area (Å²) in [6.45, 7) is 3.33. The molecule has 1 aliphatic rings. The van der Waals surface area contributed by atoms with Gasteiger partial charge in [0.25, 0.3) is 0 Å². The molecule has 2 heterocycles. The molecule has 7 nitrogen and oxygen atoms in total. The molecule has 1 atom stereocenters. The Balaban J connectivity index is 1.67. The van der Waals surface area contributed by atoms with Crippen molar-refractivity contribution >= 4 is 28.3 Å². The lowest BCUT2D eigenvalue weighted by Gasteiger charge is -2.13. The van der Waals surface area contributed by atoms with E-state index in [9.17, 15) is 9.59 Å². The second kappa shape index (κ2) is 6.25. The molecule has 1 amide bonds. The molecule has 0 saturated heterocycles. The van der Waals surface area contributed by atoms with E-state index >= 15 is 0 Å². The molecule has 1 aliphatic heterocycles. The van der Waals surface area contributed by atoms with Crippen molar-refractivity contribution in [3.05, 3.63) is 34.8 Å². The maximum Gasteiger partial charge on any atom is 0.358 e. The van der Waals surface area contributed by atoms with Crippen LogP contribution in [0.4, 0.5) is 5.13 Å². The Morgan fingerprint density at radius 2 is 2.13 bits per heavy atom. The zero-order valence-corrected chi connectivity index (χ0v) is 13.3. The van der Waals surface area contributed by atoms with Crippen molar-refractivity contribution in [1.82, 2.24) is 4.98 Å². The first kappa shape index (κ1) is 15.3. The summed E-state index contributed by atoms with van der Waals surface area (Å²) in [6.07, 6.45) is -0.470. The lowest BCUT2D eigenvalue weighted by atomic mass is 10.1. The highest BCUT2D eigenvalue weighted by atomic mass is 32.1. The van der Waals surface area contributed by atoms with Crippen LogP contribution in [0.2, 0.25) is 0 Å². The van der Waals surface area contributed by atoms with Crippen LogP contribution < -0.4 is 14.8 Å². The number of ether oxygens (including phenoxy) is 3. The van der Waals surface area contributed by atoms with E-state index in [2.05, 4.69) is 10.3 Å². The van der Waals surface area contributed by atoms with Crippen molar-refractivity contribution in [1.29, 1.82) is 0 Å². The number of aromatic nitrogens is 1. The fourth-order valence-corrected chi connectivity index (χ4v) is 2.76. The zero-order chi connectivity index (χ0) is 16.4. The maximum atomic E-state index is 12.1. The van der Waals surface area contributed by atoms with Crippen molar-refractivity contribution in [3.8, 4) is 11.5 Å². The molecule has 1 unspecified atom stereocenters. The Hall–Kier alpha value is -2.61. The van der Waals surface area contributed by atoms with Gasteiger partial charge in [-0.3, -0.25) is 4.79 Å². The van der Waals surface area contributed by atoms with Crippen LogP contribution in [0.1, 0.15) is 36.0 Å². The second-order valence-electron chi connectivity index (χ2n) is 4.88. The van der Waals surface area contributed by atoms with Crippen LogP contribution in [0.3, 0.4) is 0 Å². The summed E-state index contributed by atoms with van der Waals surface area (Å²) in [5.41, 5.74) is 0.950. The van der Waals surface area contributed by atoms with Gasteiger partial charge in [-0.25, -0.2) is 9.78 Å². The lowest BCUT2D eigenvalue weighted by molar-refractivity contribution is -0.114. The van der Waals surface area contributed by atoms with Crippen molar-refractivity contribution in [2.45, 2.75) is 20.0 Å². The monoisotopic (exact) mass is 334 g/mol. The lowest BCUT2D eigenvalue weighted by Crippen LogP contribution is -2.10. The molecule has 2 aromatic rings. The Kier molecular flexibility index (Phi) is 4.16. The van der Waals surface area contributed by atoms with Crippen LogP contribution in [0.25, 0.3) is 0 Å². The minimum absolute atomic E-state index is 0.159. The van der Waals surface area contributed by atoms with Gasteiger partial charge in [-0.2, -0.15) is 0 Å². The number of rotatable bonds is 4. The van der Waals surface area contributed by atoms with Gasteiger partial charge in [0.1, 0.15) is 6.10 Å². The molecule has 0 aliphatic carbocycles. The van der Waals surface area contributed by atoms with E-state index in [1.165, 1.54) is 6.92 Å². The van der Waals surface area contributed by atoms with E-state index in [0.29, 0.717) is 16.6 Å². The van der Waals surface area contributed by atoms with Crippen LogP contribution in [-0.2, 0) is 9.53 Å². The summed E-state index contributed by atoms with van der Waals surface area (Å²) in [5, 5.41) is 4.43. The number of amides is 1. The number of thiazole rings is 1.